The van der Waals surface area contributed by atoms with Crippen molar-refractivity contribution in [2.45, 2.75) is 24.8 Å². The third kappa shape index (κ3) is 4.65. The van der Waals surface area contributed by atoms with Crippen molar-refractivity contribution >= 4 is 34.7 Å². The fourth-order valence-electron chi connectivity index (χ4n) is 5.65. The molecule has 4 aromatic rings. The molecular weight excluding hydrogens is 527 g/mol. The molecule has 0 aromatic heterocycles. The summed E-state index contributed by atoms with van der Waals surface area (Å²) >= 11 is 6.77. The molecule has 0 radical (unpaired) electrons. The molecule has 6 rings (SSSR count). The van der Waals surface area contributed by atoms with Crippen LogP contribution in [0.4, 0.5) is 15.8 Å². The largest absolute Gasteiger partial charge is 0.497 e. The summed E-state index contributed by atoms with van der Waals surface area (Å²) in [6.45, 7) is 0. The summed E-state index contributed by atoms with van der Waals surface area (Å²) in [4.78, 5) is 30.1. The number of methoxy groups -OCH3 is 1. The van der Waals surface area contributed by atoms with Crippen LogP contribution in [0.1, 0.15) is 46.3 Å². The van der Waals surface area contributed by atoms with Crippen molar-refractivity contribution in [1.82, 2.24) is 0 Å². The minimum absolute atomic E-state index is 0.0895. The number of allylic oxidation sites excluding steroid dienone is 1. The van der Waals surface area contributed by atoms with Crippen LogP contribution < -0.4 is 15.0 Å². The summed E-state index contributed by atoms with van der Waals surface area (Å²) in [6, 6.07) is 27.3. The van der Waals surface area contributed by atoms with E-state index >= 15 is 0 Å². The standard InChI is InChI=1S/C33H26ClFN2O3/c1-40-24-16-12-21(13-17-24)33(39)37-29-9-5-4-8-27(29)36-28-18-22(20-10-14-23(35)15-11-20)19-30(38)31(28)32(37)25-6-2-3-7-26(25)34/h2-17,22,32,36H,18-19H2,1H3. The predicted octanol–water partition coefficient (Wildman–Crippen LogP) is 7.70. The van der Waals surface area contributed by atoms with Crippen molar-refractivity contribution in [1.29, 1.82) is 0 Å². The van der Waals surface area contributed by atoms with E-state index in [9.17, 15) is 14.0 Å². The Hall–Kier alpha value is -4.42. The van der Waals surface area contributed by atoms with Crippen LogP contribution >= 0.6 is 11.6 Å². The first kappa shape index (κ1) is 25.8. The van der Waals surface area contributed by atoms with E-state index in [0.29, 0.717) is 45.3 Å². The molecule has 4 aromatic carbocycles. The van der Waals surface area contributed by atoms with E-state index < -0.39 is 6.04 Å². The Bertz CT molecular complexity index is 1630. The second-order valence-electron chi connectivity index (χ2n) is 9.94. The van der Waals surface area contributed by atoms with Crippen molar-refractivity contribution in [3.05, 3.63) is 136 Å². The second kappa shape index (κ2) is 10.6. The number of carbonyl (C=O) groups excluding carboxylic acids is 2. The van der Waals surface area contributed by atoms with Crippen molar-refractivity contribution in [2.24, 2.45) is 0 Å². The summed E-state index contributed by atoms with van der Waals surface area (Å²) in [5.41, 5.74) is 4.57. The summed E-state index contributed by atoms with van der Waals surface area (Å²) in [5, 5.41) is 3.96. The quantitative estimate of drug-likeness (QED) is 0.282. The van der Waals surface area contributed by atoms with Crippen LogP contribution in [0.3, 0.4) is 0 Å². The normalized spacial score (nSPS) is 18.4. The maximum absolute atomic E-state index is 14.4. The van der Waals surface area contributed by atoms with Gasteiger partial charge in [-0.15, -0.1) is 0 Å². The topological polar surface area (TPSA) is 58.6 Å². The number of Topliss-reactive ketones (excluding diaryl/α,β-unsaturated/α-hetero) is 1. The highest BCUT2D eigenvalue weighted by molar-refractivity contribution is 6.31. The van der Waals surface area contributed by atoms with Gasteiger partial charge in [0, 0.05) is 28.3 Å². The number of ether oxygens (including phenoxy) is 1. The molecule has 0 fully saturated rings. The fraction of sp³-hybridized carbons (Fsp3) is 0.152. The number of para-hydroxylation sites is 2. The van der Waals surface area contributed by atoms with E-state index in [0.717, 1.165) is 11.3 Å². The summed E-state index contributed by atoms with van der Waals surface area (Å²) in [7, 11) is 1.57. The fourth-order valence-corrected chi connectivity index (χ4v) is 5.89. The lowest BCUT2D eigenvalue weighted by Gasteiger charge is -2.35. The number of nitrogens with zero attached hydrogens (tertiary/aromatic N) is 1. The van der Waals surface area contributed by atoms with Crippen molar-refractivity contribution in [3.63, 3.8) is 0 Å². The van der Waals surface area contributed by atoms with Crippen LogP contribution in [-0.2, 0) is 4.79 Å². The van der Waals surface area contributed by atoms with Gasteiger partial charge in [-0.05, 0) is 78.1 Å². The Labute approximate surface area is 236 Å². The number of benzene rings is 4. The number of hydrogen-bond donors (Lipinski definition) is 1. The molecule has 5 nitrogen and oxygen atoms in total. The molecule has 200 valence electrons. The highest BCUT2D eigenvalue weighted by Crippen LogP contribution is 2.49. The number of carbonyl (C=O) groups is 2. The third-order valence-electron chi connectivity index (χ3n) is 7.59. The molecule has 40 heavy (non-hydrogen) atoms. The highest BCUT2D eigenvalue weighted by Gasteiger charge is 2.42. The molecule has 0 spiro atoms. The molecule has 2 aliphatic rings. The van der Waals surface area contributed by atoms with Gasteiger partial charge in [0.05, 0.1) is 24.5 Å². The first-order chi connectivity index (χ1) is 19.4. The van der Waals surface area contributed by atoms with E-state index in [4.69, 9.17) is 16.3 Å². The monoisotopic (exact) mass is 552 g/mol. The number of amides is 1. The van der Waals surface area contributed by atoms with Crippen LogP contribution in [0.15, 0.2) is 108 Å². The Morgan fingerprint density at radius 2 is 1.62 bits per heavy atom. The first-order valence-electron chi connectivity index (χ1n) is 13.0. The zero-order valence-electron chi connectivity index (χ0n) is 21.7. The summed E-state index contributed by atoms with van der Waals surface area (Å²) in [5.74, 6) is -0.185. The summed E-state index contributed by atoms with van der Waals surface area (Å²) < 4.78 is 18.9. The lowest BCUT2D eigenvalue weighted by atomic mass is 9.78. The predicted molar refractivity (Wildman–Crippen MR) is 154 cm³/mol. The van der Waals surface area contributed by atoms with E-state index in [1.54, 1.807) is 54.5 Å². The number of halogens is 2. The van der Waals surface area contributed by atoms with Crippen molar-refractivity contribution in [2.75, 3.05) is 17.3 Å². The van der Waals surface area contributed by atoms with Gasteiger partial charge in [0.25, 0.3) is 5.91 Å². The minimum atomic E-state index is -0.767. The average Bonchev–Trinajstić information content (AvgIpc) is 3.12. The van der Waals surface area contributed by atoms with Crippen LogP contribution in [0.5, 0.6) is 5.75 Å². The minimum Gasteiger partial charge on any atom is -0.497 e. The van der Waals surface area contributed by atoms with Gasteiger partial charge < -0.3 is 10.1 Å². The molecule has 1 amide bonds. The van der Waals surface area contributed by atoms with Crippen molar-refractivity contribution < 1.29 is 18.7 Å². The van der Waals surface area contributed by atoms with Crippen molar-refractivity contribution in [3.8, 4) is 5.75 Å². The number of rotatable bonds is 4. The van der Waals surface area contributed by atoms with E-state index in [2.05, 4.69) is 5.32 Å². The van der Waals surface area contributed by atoms with Crippen LogP contribution in [0, 0.1) is 5.82 Å². The second-order valence-corrected chi connectivity index (χ2v) is 10.3. The van der Waals surface area contributed by atoms with E-state index in [1.807, 2.05) is 42.5 Å². The number of nitrogens with one attached hydrogen (secondary N) is 1. The molecule has 1 aliphatic carbocycles. The van der Waals surface area contributed by atoms with Gasteiger partial charge >= 0.3 is 0 Å². The molecule has 0 saturated heterocycles. The first-order valence-corrected chi connectivity index (χ1v) is 13.4. The summed E-state index contributed by atoms with van der Waals surface area (Å²) in [6.07, 6.45) is 0.751. The van der Waals surface area contributed by atoms with Gasteiger partial charge in [-0.25, -0.2) is 4.39 Å². The molecule has 7 heteroatoms. The zero-order valence-corrected chi connectivity index (χ0v) is 22.5. The molecule has 2 unspecified atom stereocenters. The molecular formula is C33H26ClFN2O3. The van der Waals surface area contributed by atoms with Crippen LogP contribution in [0.25, 0.3) is 0 Å². The number of anilines is 2. The third-order valence-corrected chi connectivity index (χ3v) is 7.93. The van der Waals surface area contributed by atoms with Gasteiger partial charge in [-0.3, -0.25) is 14.5 Å². The SMILES string of the molecule is COc1ccc(C(=O)N2c3ccccc3NC3=C(C(=O)CC(c4ccc(F)cc4)C3)C2c2ccccc2Cl)cc1. The van der Waals surface area contributed by atoms with E-state index in [1.165, 1.54) is 12.1 Å². The lowest BCUT2D eigenvalue weighted by molar-refractivity contribution is -0.116. The number of fused-ring (bicyclic) bond motifs is 1. The Morgan fingerprint density at radius 1 is 0.925 bits per heavy atom. The molecule has 1 heterocycles. The van der Waals surface area contributed by atoms with Gasteiger partial charge in [0.15, 0.2) is 5.78 Å². The van der Waals surface area contributed by atoms with Gasteiger partial charge in [-0.1, -0.05) is 54.1 Å². The number of ketones is 1. The van der Waals surface area contributed by atoms with Gasteiger partial charge in [0.2, 0.25) is 0 Å². The van der Waals surface area contributed by atoms with E-state index in [-0.39, 0.29) is 29.8 Å². The molecule has 2 atom stereocenters. The van der Waals surface area contributed by atoms with Gasteiger partial charge in [-0.2, -0.15) is 0 Å². The van der Waals surface area contributed by atoms with Gasteiger partial charge in [0.1, 0.15) is 11.6 Å². The maximum Gasteiger partial charge on any atom is 0.259 e. The zero-order chi connectivity index (χ0) is 27.8. The molecule has 1 N–H and O–H groups in total. The maximum atomic E-state index is 14.4. The molecule has 1 aliphatic heterocycles. The smallest absolute Gasteiger partial charge is 0.259 e. The van der Waals surface area contributed by atoms with Crippen LogP contribution in [0.2, 0.25) is 5.02 Å². The Kier molecular flexibility index (Phi) is 6.86. The Morgan fingerprint density at radius 3 is 2.35 bits per heavy atom. The average molecular weight is 553 g/mol. The Balaban J connectivity index is 1.55. The molecule has 0 bridgehead atoms. The number of hydrogen-bond acceptors (Lipinski definition) is 4. The lowest BCUT2D eigenvalue weighted by Crippen LogP contribution is -2.38. The van der Waals surface area contributed by atoms with Crippen LogP contribution in [-0.4, -0.2) is 18.8 Å². The highest BCUT2D eigenvalue weighted by atomic mass is 35.5. The molecule has 0 saturated carbocycles.